The molecular weight excluding hydrogens is 224 g/mol. The molecule has 1 aliphatic carbocycles. The fourth-order valence-electron chi connectivity index (χ4n) is 1.77. The fraction of sp³-hybridized carbons (Fsp3) is 0.417. The minimum Gasteiger partial charge on any atom is -0.397 e. The van der Waals surface area contributed by atoms with Gasteiger partial charge in [0.1, 0.15) is 0 Å². The van der Waals surface area contributed by atoms with E-state index in [1.165, 1.54) is 0 Å². The number of carbonyl (C=O) groups is 1. The van der Waals surface area contributed by atoms with Crippen molar-refractivity contribution in [1.29, 1.82) is 0 Å². The largest absolute Gasteiger partial charge is 0.397 e. The van der Waals surface area contributed by atoms with Crippen LogP contribution in [-0.4, -0.2) is 5.91 Å². The molecule has 1 aromatic carbocycles. The van der Waals surface area contributed by atoms with Crippen molar-refractivity contribution in [1.82, 2.24) is 0 Å². The molecule has 0 aliphatic heterocycles. The standard InChI is InChI=1S/C12H15ClN2O/c1-12(2)6-8(12)11(16)15-7-3-4-9(13)10(14)5-7/h3-5,8H,6,14H2,1-2H3,(H,15,16). The molecule has 0 aromatic heterocycles. The highest BCUT2D eigenvalue weighted by molar-refractivity contribution is 6.33. The molecule has 16 heavy (non-hydrogen) atoms. The molecule has 1 amide bonds. The number of carbonyl (C=O) groups excluding carboxylic acids is 1. The van der Waals surface area contributed by atoms with Crippen LogP contribution in [0.3, 0.4) is 0 Å². The molecule has 1 saturated carbocycles. The molecule has 1 fully saturated rings. The summed E-state index contributed by atoms with van der Waals surface area (Å²) in [5.74, 6) is 0.177. The van der Waals surface area contributed by atoms with Crippen molar-refractivity contribution in [2.45, 2.75) is 20.3 Å². The van der Waals surface area contributed by atoms with Gasteiger partial charge >= 0.3 is 0 Å². The molecule has 1 unspecified atom stereocenters. The molecule has 0 radical (unpaired) electrons. The van der Waals surface area contributed by atoms with Gasteiger partial charge < -0.3 is 11.1 Å². The van der Waals surface area contributed by atoms with Gasteiger partial charge in [-0.1, -0.05) is 25.4 Å². The van der Waals surface area contributed by atoms with Gasteiger partial charge in [0.15, 0.2) is 0 Å². The lowest BCUT2D eigenvalue weighted by Gasteiger charge is -2.07. The van der Waals surface area contributed by atoms with Crippen molar-refractivity contribution < 1.29 is 4.79 Å². The van der Waals surface area contributed by atoms with Crippen LogP contribution in [0.4, 0.5) is 11.4 Å². The van der Waals surface area contributed by atoms with E-state index in [2.05, 4.69) is 19.2 Å². The number of nitrogens with two attached hydrogens (primary N) is 1. The van der Waals surface area contributed by atoms with E-state index in [1.54, 1.807) is 18.2 Å². The zero-order chi connectivity index (χ0) is 11.9. The number of nitrogens with one attached hydrogen (secondary N) is 1. The summed E-state index contributed by atoms with van der Waals surface area (Å²) in [5.41, 5.74) is 6.98. The number of anilines is 2. The van der Waals surface area contributed by atoms with Crippen LogP contribution in [0.25, 0.3) is 0 Å². The molecule has 2 rings (SSSR count). The molecule has 0 saturated heterocycles. The molecular formula is C12H15ClN2O. The molecule has 1 atom stereocenters. The van der Waals surface area contributed by atoms with Gasteiger partial charge in [0.2, 0.25) is 5.91 Å². The predicted molar refractivity (Wildman–Crippen MR) is 66.4 cm³/mol. The second-order valence-electron chi connectivity index (χ2n) is 4.97. The van der Waals surface area contributed by atoms with Gasteiger partial charge in [-0.25, -0.2) is 0 Å². The highest BCUT2D eigenvalue weighted by Crippen LogP contribution is 2.52. The van der Waals surface area contributed by atoms with Crippen molar-refractivity contribution in [3.8, 4) is 0 Å². The van der Waals surface area contributed by atoms with Gasteiger partial charge in [-0.3, -0.25) is 4.79 Å². The summed E-state index contributed by atoms with van der Waals surface area (Å²) in [6, 6.07) is 5.12. The van der Waals surface area contributed by atoms with Crippen molar-refractivity contribution in [3.63, 3.8) is 0 Å². The maximum Gasteiger partial charge on any atom is 0.228 e. The topological polar surface area (TPSA) is 55.1 Å². The lowest BCUT2D eigenvalue weighted by Crippen LogP contribution is -2.16. The van der Waals surface area contributed by atoms with Crippen molar-refractivity contribution in [2.24, 2.45) is 11.3 Å². The normalized spacial score (nSPS) is 21.6. The summed E-state index contributed by atoms with van der Waals surface area (Å²) in [6.07, 6.45) is 0.946. The van der Waals surface area contributed by atoms with Gasteiger partial charge in [0.05, 0.1) is 10.7 Å². The number of hydrogen-bond donors (Lipinski definition) is 2. The van der Waals surface area contributed by atoms with Crippen LogP contribution in [0.2, 0.25) is 5.02 Å². The average molecular weight is 239 g/mol. The summed E-state index contributed by atoms with van der Waals surface area (Å²) < 4.78 is 0. The molecule has 1 aromatic rings. The third kappa shape index (κ3) is 2.14. The first kappa shape index (κ1) is 11.3. The molecule has 3 nitrogen and oxygen atoms in total. The Morgan fingerprint density at radius 1 is 1.56 bits per heavy atom. The summed E-state index contributed by atoms with van der Waals surface area (Å²) in [4.78, 5) is 11.8. The molecule has 3 N–H and O–H groups in total. The lowest BCUT2D eigenvalue weighted by molar-refractivity contribution is -0.117. The van der Waals surface area contributed by atoms with E-state index in [9.17, 15) is 4.79 Å². The number of nitrogen functional groups attached to an aromatic ring is 1. The average Bonchev–Trinajstić information content (AvgIpc) is 2.82. The number of amides is 1. The number of hydrogen-bond acceptors (Lipinski definition) is 2. The first-order valence-electron chi connectivity index (χ1n) is 5.26. The van der Waals surface area contributed by atoms with E-state index >= 15 is 0 Å². The third-order valence-corrected chi connectivity index (χ3v) is 3.44. The maximum absolute atomic E-state index is 11.8. The van der Waals surface area contributed by atoms with E-state index < -0.39 is 0 Å². The van der Waals surface area contributed by atoms with Crippen molar-refractivity contribution >= 4 is 28.9 Å². The van der Waals surface area contributed by atoms with Crippen LogP contribution in [0.1, 0.15) is 20.3 Å². The van der Waals surface area contributed by atoms with Crippen LogP contribution in [0.5, 0.6) is 0 Å². The van der Waals surface area contributed by atoms with E-state index in [0.29, 0.717) is 16.4 Å². The number of halogens is 1. The van der Waals surface area contributed by atoms with E-state index in [1.807, 2.05) is 0 Å². The minimum atomic E-state index is 0.0618. The first-order valence-corrected chi connectivity index (χ1v) is 5.64. The molecule has 4 heteroatoms. The Morgan fingerprint density at radius 3 is 2.69 bits per heavy atom. The van der Waals surface area contributed by atoms with Gasteiger partial charge in [-0.05, 0) is 30.0 Å². The van der Waals surface area contributed by atoms with Crippen molar-refractivity contribution in [2.75, 3.05) is 11.1 Å². The summed E-state index contributed by atoms with van der Waals surface area (Å²) in [7, 11) is 0. The highest BCUT2D eigenvalue weighted by Gasteiger charge is 2.50. The smallest absolute Gasteiger partial charge is 0.228 e. The van der Waals surface area contributed by atoms with Crippen molar-refractivity contribution in [3.05, 3.63) is 23.2 Å². The minimum absolute atomic E-state index is 0.0618. The van der Waals surface area contributed by atoms with Crippen LogP contribution in [0.15, 0.2) is 18.2 Å². The summed E-state index contributed by atoms with van der Waals surface area (Å²) in [6.45, 7) is 4.18. The quantitative estimate of drug-likeness (QED) is 0.779. The predicted octanol–water partition coefficient (Wildman–Crippen LogP) is 2.91. The van der Waals surface area contributed by atoms with Crippen LogP contribution < -0.4 is 11.1 Å². The zero-order valence-electron chi connectivity index (χ0n) is 9.38. The molecule has 1 aliphatic rings. The first-order chi connectivity index (χ1) is 7.40. The number of rotatable bonds is 2. The molecule has 0 heterocycles. The zero-order valence-corrected chi connectivity index (χ0v) is 10.1. The second kappa shape index (κ2) is 3.67. The van der Waals surface area contributed by atoms with Crippen LogP contribution in [0, 0.1) is 11.3 Å². The Kier molecular flexibility index (Phi) is 2.58. The van der Waals surface area contributed by atoms with Gasteiger partial charge in [-0.15, -0.1) is 0 Å². The van der Waals surface area contributed by atoms with Crippen LogP contribution >= 0.6 is 11.6 Å². The fourth-order valence-corrected chi connectivity index (χ4v) is 1.88. The Bertz CT molecular complexity index is 443. The molecule has 0 bridgehead atoms. The Hall–Kier alpha value is -1.22. The third-order valence-electron chi connectivity index (χ3n) is 3.09. The van der Waals surface area contributed by atoms with Gasteiger partial charge in [-0.2, -0.15) is 0 Å². The van der Waals surface area contributed by atoms with Gasteiger partial charge in [0, 0.05) is 11.6 Å². The Balaban J connectivity index is 2.05. The van der Waals surface area contributed by atoms with Gasteiger partial charge in [0.25, 0.3) is 0 Å². The maximum atomic E-state index is 11.8. The second-order valence-corrected chi connectivity index (χ2v) is 5.38. The van der Waals surface area contributed by atoms with E-state index in [4.69, 9.17) is 17.3 Å². The Morgan fingerprint density at radius 2 is 2.19 bits per heavy atom. The van der Waals surface area contributed by atoms with E-state index in [-0.39, 0.29) is 17.2 Å². The van der Waals surface area contributed by atoms with E-state index in [0.717, 1.165) is 6.42 Å². The monoisotopic (exact) mass is 238 g/mol. The summed E-state index contributed by atoms with van der Waals surface area (Å²) in [5, 5.41) is 3.35. The number of benzene rings is 1. The molecule has 0 spiro atoms. The SMILES string of the molecule is CC1(C)CC1C(=O)Nc1ccc(Cl)c(N)c1. The lowest BCUT2D eigenvalue weighted by atomic mass is 10.1. The Labute approximate surface area is 100.0 Å². The van der Waals surface area contributed by atoms with Crippen LogP contribution in [-0.2, 0) is 4.79 Å². The summed E-state index contributed by atoms with van der Waals surface area (Å²) >= 11 is 5.80. The molecule has 86 valence electrons. The highest BCUT2D eigenvalue weighted by atomic mass is 35.5.